The molecule has 1 atom stereocenters. The molecule has 0 spiro atoms. The van der Waals surface area contributed by atoms with E-state index in [0.717, 1.165) is 0 Å². The highest BCUT2D eigenvalue weighted by Crippen LogP contribution is 2.20. The highest BCUT2D eigenvalue weighted by Gasteiger charge is 2.34. The maximum absolute atomic E-state index is 12.5. The normalized spacial score (nSPS) is 15.3. The van der Waals surface area contributed by atoms with Gasteiger partial charge in [0.05, 0.1) is 13.7 Å². The van der Waals surface area contributed by atoms with Gasteiger partial charge in [-0.15, -0.1) is 0 Å². The number of likely N-dealkylation sites (N-methyl/N-ethyl adjacent to an activating group) is 1. The van der Waals surface area contributed by atoms with Gasteiger partial charge in [-0.2, -0.15) is 13.2 Å². The van der Waals surface area contributed by atoms with Crippen LogP contribution in [0.4, 0.5) is 13.2 Å². The zero-order valence-electron chi connectivity index (χ0n) is 13.5. The molecule has 21 heavy (non-hydrogen) atoms. The first-order chi connectivity index (χ1) is 9.55. The number of hydrogen-bond donors (Lipinski definition) is 1. The highest BCUT2D eigenvalue weighted by atomic mass is 19.4. The van der Waals surface area contributed by atoms with Gasteiger partial charge in [-0.3, -0.25) is 9.69 Å². The molecule has 0 saturated carbocycles. The Bertz CT molecular complexity index is 322. The van der Waals surface area contributed by atoms with Crippen LogP contribution in [0.5, 0.6) is 0 Å². The molecule has 0 saturated heterocycles. The van der Waals surface area contributed by atoms with Crippen LogP contribution in [0, 0.1) is 0 Å². The first-order valence-corrected chi connectivity index (χ1v) is 7.20. The van der Waals surface area contributed by atoms with Crippen LogP contribution < -0.4 is 5.32 Å². The molecule has 0 aromatic carbocycles. The van der Waals surface area contributed by atoms with Crippen molar-refractivity contribution in [1.29, 1.82) is 0 Å². The SMILES string of the molecule is CCNC(C)(CCCN(CC(F)(F)F)C(C)C)C(=O)OC. The number of esters is 1. The second kappa shape index (κ2) is 8.58. The topological polar surface area (TPSA) is 41.6 Å². The summed E-state index contributed by atoms with van der Waals surface area (Å²) in [5, 5.41) is 3.05. The van der Waals surface area contributed by atoms with Gasteiger partial charge < -0.3 is 10.1 Å². The Balaban J connectivity index is 4.55. The third-order valence-electron chi connectivity index (χ3n) is 3.44. The fourth-order valence-corrected chi connectivity index (χ4v) is 2.26. The minimum Gasteiger partial charge on any atom is -0.468 e. The average molecular weight is 312 g/mol. The van der Waals surface area contributed by atoms with E-state index >= 15 is 0 Å². The number of ether oxygens (including phenoxy) is 1. The Labute approximate surface area is 125 Å². The lowest BCUT2D eigenvalue weighted by atomic mass is 9.95. The van der Waals surface area contributed by atoms with Crippen molar-refractivity contribution in [2.45, 2.75) is 58.3 Å². The van der Waals surface area contributed by atoms with Crippen LogP contribution in [0.25, 0.3) is 0 Å². The molecule has 1 N–H and O–H groups in total. The molecule has 0 aliphatic heterocycles. The summed E-state index contributed by atoms with van der Waals surface area (Å²) in [7, 11) is 1.31. The van der Waals surface area contributed by atoms with E-state index in [1.54, 1.807) is 20.8 Å². The number of alkyl halides is 3. The van der Waals surface area contributed by atoms with Crippen molar-refractivity contribution < 1.29 is 22.7 Å². The minimum absolute atomic E-state index is 0.199. The molecule has 0 bridgehead atoms. The summed E-state index contributed by atoms with van der Waals surface area (Å²) in [5.41, 5.74) is -0.857. The number of carbonyl (C=O) groups is 1. The fourth-order valence-electron chi connectivity index (χ4n) is 2.26. The summed E-state index contributed by atoms with van der Waals surface area (Å²) in [4.78, 5) is 13.1. The van der Waals surface area contributed by atoms with Gasteiger partial charge >= 0.3 is 12.1 Å². The maximum atomic E-state index is 12.5. The molecule has 0 rings (SSSR count). The van der Waals surface area contributed by atoms with Crippen LogP contribution in [0.2, 0.25) is 0 Å². The molecule has 0 aliphatic carbocycles. The van der Waals surface area contributed by atoms with Crippen LogP contribution >= 0.6 is 0 Å². The van der Waals surface area contributed by atoms with Gasteiger partial charge in [0.2, 0.25) is 0 Å². The van der Waals surface area contributed by atoms with Gasteiger partial charge in [0.25, 0.3) is 0 Å². The van der Waals surface area contributed by atoms with Crippen molar-refractivity contribution >= 4 is 5.97 Å². The summed E-state index contributed by atoms with van der Waals surface area (Å²) in [5.74, 6) is -0.392. The first kappa shape index (κ1) is 20.2. The quantitative estimate of drug-likeness (QED) is 0.665. The van der Waals surface area contributed by atoms with Gasteiger partial charge in [0.15, 0.2) is 0 Å². The van der Waals surface area contributed by atoms with Crippen molar-refractivity contribution in [1.82, 2.24) is 10.2 Å². The molecule has 0 aliphatic rings. The summed E-state index contributed by atoms with van der Waals surface area (Å²) in [6.07, 6.45) is -3.31. The second-order valence-electron chi connectivity index (χ2n) is 5.64. The standard InChI is InChI=1S/C14H27F3N2O2/c1-6-18-13(4,12(20)21-5)8-7-9-19(11(2)3)10-14(15,16)17/h11,18H,6-10H2,1-5H3. The lowest BCUT2D eigenvalue weighted by Crippen LogP contribution is -2.50. The molecular formula is C14H27F3N2O2. The minimum atomic E-state index is -4.21. The lowest BCUT2D eigenvalue weighted by molar-refractivity contribution is -0.151. The number of hydrogen-bond acceptors (Lipinski definition) is 4. The van der Waals surface area contributed by atoms with Crippen LogP contribution in [0.15, 0.2) is 0 Å². The average Bonchev–Trinajstić information content (AvgIpc) is 2.35. The van der Waals surface area contributed by atoms with Crippen molar-refractivity contribution in [2.75, 3.05) is 26.7 Å². The predicted octanol–water partition coefficient (Wildman–Crippen LogP) is 2.58. The number of nitrogens with zero attached hydrogens (tertiary/aromatic N) is 1. The van der Waals surface area contributed by atoms with Gasteiger partial charge in [-0.25, -0.2) is 0 Å². The number of methoxy groups -OCH3 is 1. The van der Waals surface area contributed by atoms with Crippen molar-refractivity contribution in [3.05, 3.63) is 0 Å². The highest BCUT2D eigenvalue weighted by molar-refractivity contribution is 5.80. The molecule has 7 heteroatoms. The molecule has 0 aromatic heterocycles. The summed E-state index contributed by atoms with van der Waals surface area (Å²) >= 11 is 0. The molecule has 0 fully saturated rings. The van der Waals surface area contributed by atoms with Gasteiger partial charge in [-0.05, 0) is 46.7 Å². The smallest absolute Gasteiger partial charge is 0.401 e. The summed E-state index contributed by atoms with van der Waals surface area (Å²) < 4.78 is 42.3. The van der Waals surface area contributed by atoms with Crippen molar-refractivity contribution in [2.24, 2.45) is 0 Å². The van der Waals surface area contributed by atoms with E-state index in [2.05, 4.69) is 5.32 Å². The van der Waals surface area contributed by atoms with Crippen LogP contribution in [0.3, 0.4) is 0 Å². The van der Waals surface area contributed by atoms with E-state index in [1.807, 2.05) is 6.92 Å². The van der Waals surface area contributed by atoms with E-state index in [1.165, 1.54) is 12.0 Å². The molecule has 0 heterocycles. The Morgan fingerprint density at radius 2 is 1.90 bits per heavy atom. The molecule has 1 unspecified atom stereocenters. The third kappa shape index (κ3) is 7.66. The molecule has 126 valence electrons. The van der Waals surface area contributed by atoms with E-state index in [9.17, 15) is 18.0 Å². The van der Waals surface area contributed by atoms with Crippen molar-refractivity contribution in [3.8, 4) is 0 Å². The van der Waals surface area contributed by atoms with Crippen LogP contribution in [-0.4, -0.2) is 55.4 Å². The van der Waals surface area contributed by atoms with E-state index < -0.39 is 24.2 Å². The number of halogens is 3. The van der Waals surface area contributed by atoms with Crippen molar-refractivity contribution in [3.63, 3.8) is 0 Å². The van der Waals surface area contributed by atoms with Crippen LogP contribution in [0.1, 0.15) is 40.5 Å². The zero-order chi connectivity index (χ0) is 16.7. The Morgan fingerprint density at radius 1 is 1.33 bits per heavy atom. The molecule has 0 amide bonds. The molecule has 0 radical (unpaired) electrons. The second-order valence-corrected chi connectivity index (χ2v) is 5.64. The largest absolute Gasteiger partial charge is 0.468 e. The zero-order valence-corrected chi connectivity index (χ0v) is 13.5. The Hall–Kier alpha value is -0.820. The molecule has 0 aromatic rings. The Morgan fingerprint density at radius 3 is 2.29 bits per heavy atom. The summed E-state index contributed by atoms with van der Waals surface area (Å²) in [6, 6.07) is -0.199. The van der Waals surface area contributed by atoms with Gasteiger partial charge in [0, 0.05) is 6.04 Å². The Kier molecular flexibility index (Phi) is 8.25. The fraction of sp³-hybridized carbons (Fsp3) is 0.929. The first-order valence-electron chi connectivity index (χ1n) is 7.20. The lowest BCUT2D eigenvalue weighted by Gasteiger charge is -2.31. The number of rotatable bonds is 9. The van der Waals surface area contributed by atoms with Gasteiger partial charge in [-0.1, -0.05) is 6.92 Å². The maximum Gasteiger partial charge on any atom is 0.401 e. The van der Waals surface area contributed by atoms with Gasteiger partial charge in [0.1, 0.15) is 5.54 Å². The number of carbonyl (C=O) groups excluding carboxylic acids is 1. The van der Waals surface area contributed by atoms with E-state index in [4.69, 9.17) is 4.74 Å². The summed E-state index contributed by atoms with van der Waals surface area (Å²) in [6.45, 7) is 6.99. The molecular weight excluding hydrogens is 285 g/mol. The number of nitrogens with one attached hydrogen (secondary N) is 1. The van der Waals surface area contributed by atoms with Crippen LogP contribution in [-0.2, 0) is 9.53 Å². The predicted molar refractivity (Wildman–Crippen MR) is 76.1 cm³/mol. The third-order valence-corrected chi connectivity index (χ3v) is 3.44. The monoisotopic (exact) mass is 312 g/mol. The molecule has 4 nitrogen and oxygen atoms in total. The van der Waals surface area contributed by atoms with E-state index in [0.29, 0.717) is 19.4 Å². The van der Waals surface area contributed by atoms with E-state index in [-0.39, 0.29) is 12.6 Å².